The Hall–Kier alpha value is -2.00. The Kier molecular flexibility index (Phi) is 18.9. The number of rotatable bonds is 1. The van der Waals surface area contributed by atoms with Crippen molar-refractivity contribution in [2.45, 2.75) is 81.7 Å². The van der Waals surface area contributed by atoms with Crippen LogP contribution >= 0.6 is 0 Å². The number of likely N-dealkylation sites (N-methyl/N-ethyl adjacent to an activating group) is 2. The Morgan fingerprint density at radius 3 is 1.94 bits per heavy atom. The molecule has 2 aliphatic heterocycles. The summed E-state index contributed by atoms with van der Waals surface area (Å²) in [5.41, 5.74) is 12.9. The second-order valence-electron chi connectivity index (χ2n) is 6.45. The fourth-order valence-electron chi connectivity index (χ4n) is 3.64. The molecule has 31 heavy (non-hydrogen) atoms. The number of nitrogens with zero attached hydrogens (tertiary/aromatic N) is 2. The summed E-state index contributed by atoms with van der Waals surface area (Å²) in [6.07, 6.45) is 1.23. The van der Waals surface area contributed by atoms with Gasteiger partial charge in [-0.15, -0.1) is 0 Å². The number of aryl methyl sites for hydroxylation is 1. The summed E-state index contributed by atoms with van der Waals surface area (Å²) in [6.45, 7) is 23.7. The highest BCUT2D eigenvalue weighted by molar-refractivity contribution is 5.60. The smallest absolute Gasteiger partial charge is 0.0493 e. The van der Waals surface area contributed by atoms with Crippen LogP contribution in [0.4, 0.5) is 11.4 Å². The average molecular weight is 430 g/mol. The summed E-state index contributed by atoms with van der Waals surface area (Å²) < 4.78 is 0. The van der Waals surface area contributed by atoms with Crippen molar-refractivity contribution in [3.63, 3.8) is 0 Å². The van der Waals surface area contributed by atoms with Crippen LogP contribution in [0.25, 0.3) is 0 Å². The molecule has 0 fully saturated rings. The average Bonchev–Trinajstić information content (AvgIpc) is 3.41. The summed E-state index contributed by atoms with van der Waals surface area (Å²) >= 11 is 0. The number of para-hydroxylation sites is 1. The Balaban J connectivity index is 0. The molecular formula is C28H51N3. The number of anilines is 2. The van der Waals surface area contributed by atoms with E-state index in [0.29, 0.717) is 0 Å². The van der Waals surface area contributed by atoms with Crippen molar-refractivity contribution >= 4 is 11.4 Å². The first kappa shape index (κ1) is 31.2. The maximum atomic E-state index is 5.90. The molecule has 3 heteroatoms. The van der Waals surface area contributed by atoms with E-state index in [1.807, 2.05) is 67.5 Å². The van der Waals surface area contributed by atoms with Crippen LogP contribution in [0.3, 0.4) is 0 Å². The van der Waals surface area contributed by atoms with E-state index in [0.717, 1.165) is 13.1 Å². The summed E-state index contributed by atoms with van der Waals surface area (Å²) in [7, 11) is 2.08. The minimum absolute atomic E-state index is 0.205. The van der Waals surface area contributed by atoms with E-state index in [-0.39, 0.29) is 6.04 Å². The van der Waals surface area contributed by atoms with Gasteiger partial charge < -0.3 is 15.5 Å². The van der Waals surface area contributed by atoms with Gasteiger partial charge in [0.1, 0.15) is 0 Å². The largest absolute Gasteiger partial charge is 0.372 e. The van der Waals surface area contributed by atoms with Crippen molar-refractivity contribution in [1.82, 2.24) is 0 Å². The fourth-order valence-corrected chi connectivity index (χ4v) is 3.64. The van der Waals surface area contributed by atoms with Gasteiger partial charge in [-0.1, -0.05) is 85.7 Å². The van der Waals surface area contributed by atoms with Gasteiger partial charge in [-0.2, -0.15) is 0 Å². The Labute approximate surface area is 194 Å². The molecule has 0 radical (unpaired) electrons. The van der Waals surface area contributed by atoms with Gasteiger partial charge in [-0.3, -0.25) is 0 Å². The molecule has 3 nitrogen and oxygen atoms in total. The maximum Gasteiger partial charge on any atom is 0.0493 e. The number of hydrogen-bond donors (Lipinski definition) is 1. The van der Waals surface area contributed by atoms with Gasteiger partial charge in [-0.25, -0.2) is 0 Å². The molecule has 2 aromatic carbocycles. The molecule has 4 rings (SSSR count). The molecule has 0 saturated heterocycles. The van der Waals surface area contributed by atoms with Gasteiger partial charge in [0.15, 0.2) is 0 Å². The lowest BCUT2D eigenvalue weighted by molar-refractivity contribution is 0.760. The molecule has 2 aliphatic rings. The van der Waals surface area contributed by atoms with E-state index in [4.69, 9.17) is 5.73 Å². The number of benzene rings is 2. The highest BCUT2D eigenvalue weighted by Crippen LogP contribution is 2.31. The predicted octanol–water partition coefficient (Wildman–Crippen LogP) is 7.62. The summed E-state index contributed by atoms with van der Waals surface area (Å²) in [4.78, 5) is 4.64. The van der Waals surface area contributed by atoms with E-state index in [9.17, 15) is 0 Å². The van der Waals surface area contributed by atoms with Crippen LogP contribution in [-0.4, -0.2) is 26.7 Å². The summed E-state index contributed by atoms with van der Waals surface area (Å²) in [5, 5.41) is 0. The molecule has 1 unspecified atom stereocenters. The van der Waals surface area contributed by atoms with Crippen LogP contribution in [0, 0.1) is 6.92 Å². The number of nitrogens with two attached hydrogens (primary N) is 1. The third-order valence-electron chi connectivity index (χ3n) is 4.96. The minimum atomic E-state index is 0.205. The molecule has 0 amide bonds. The second-order valence-corrected chi connectivity index (χ2v) is 6.45. The molecule has 0 spiro atoms. The standard InChI is InChI=1S/C11H15N.C9H12N2.4C2H6/c1-3-12-8-7-10-9(2)5-4-6-11(10)12;1-11-6-8(10)7-4-2-3-5-9(7)11;4*1-2/h4-6H,3,7-8H2,1-2H3;2-5,8H,6,10H2,1H3;4*1-2H3. The molecule has 0 bridgehead atoms. The molecule has 2 N–H and O–H groups in total. The van der Waals surface area contributed by atoms with Crippen LogP contribution in [0.15, 0.2) is 42.5 Å². The predicted molar refractivity (Wildman–Crippen MR) is 145 cm³/mol. The second kappa shape index (κ2) is 18.7. The Bertz CT molecular complexity index is 655. The third kappa shape index (κ3) is 8.95. The Morgan fingerprint density at radius 1 is 0.839 bits per heavy atom. The zero-order chi connectivity index (χ0) is 24.4. The normalized spacial score (nSPS) is 14.4. The molecule has 0 aliphatic carbocycles. The van der Waals surface area contributed by atoms with E-state index in [1.165, 1.54) is 35.5 Å². The van der Waals surface area contributed by atoms with Crippen molar-refractivity contribution < 1.29 is 0 Å². The maximum absolute atomic E-state index is 5.90. The van der Waals surface area contributed by atoms with Crippen LogP contribution in [0.5, 0.6) is 0 Å². The van der Waals surface area contributed by atoms with Crippen LogP contribution in [0.2, 0.25) is 0 Å². The zero-order valence-electron chi connectivity index (χ0n) is 22.4. The highest BCUT2D eigenvalue weighted by atomic mass is 15.1. The summed E-state index contributed by atoms with van der Waals surface area (Å²) in [5.74, 6) is 0. The quantitative estimate of drug-likeness (QED) is 0.506. The molecule has 0 saturated carbocycles. The van der Waals surface area contributed by atoms with E-state index in [2.05, 4.69) is 61.0 Å². The van der Waals surface area contributed by atoms with Crippen molar-refractivity contribution in [2.24, 2.45) is 5.73 Å². The molecule has 2 heterocycles. The first-order valence-corrected chi connectivity index (χ1v) is 12.5. The van der Waals surface area contributed by atoms with Gasteiger partial charge in [0.05, 0.1) is 0 Å². The monoisotopic (exact) mass is 429 g/mol. The van der Waals surface area contributed by atoms with Crippen LogP contribution in [0.1, 0.15) is 85.0 Å². The van der Waals surface area contributed by atoms with Gasteiger partial charge >= 0.3 is 0 Å². The lowest BCUT2D eigenvalue weighted by atomic mass is 10.1. The SMILES string of the molecule is CC.CC.CC.CC.CCN1CCc2c(C)cccc21.CN1CC(N)c2ccccc21. The summed E-state index contributed by atoms with van der Waals surface area (Å²) in [6, 6.07) is 15.1. The number of hydrogen-bond acceptors (Lipinski definition) is 3. The van der Waals surface area contributed by atoms with Crippen molar-refractivity contribution in [2.75, 3.05) is 36.5 Å². The number of fused-ring (bicyclic) bond motifs is 2. The third-order valence-corrected chi connectivity index (χ3v) is 4.96. The van der Waals surface area contributed by atoms with Crippen LogP contribution in [-0.2, 0) is 6.42 Å². The molecule has 178 valence electrons. The van der Waals surface area contributed by atoms with Gasteiger partial charge in [0.25, 0.3) is 0 Å². The molecule has 1 atom stereocenters. The van der Waals surface area contributed by atoms with Gasteiger partial charge in [0.2, 0.25) is 0 Å². The minimum Gasteiger partial charge on any atom is -0.372 e. The molecular weight excluding hydrogens is 378 g/mol. The zero-order valence-corrected chi connectivity index (χ0v) is 22.4. The molecule has 0 aromatic heterocycles. The lowest BCUT2D eigenvalue weighted by Crippen LogP contribution is -2.19. The van der Waals surface area contributed by atoms with Crippen molar-refractivity contribution in [3.8, 4) is 0 Å². The van der Waals surface area contributed by atoms with Crippen molar-refractivity contribution in [3.05, 3.63) is 59.2 Å². The van der Waals surface area contributed by atoms with Crippen LogP contribution < -0.4 is 15.5 Å². The first-order chi connectivity index (χ1) is 15.1. The van der Waals surface area contributed by atoms with E-state index >= 15 is 0 Å². The first-order valence-electron chi connectivity index (χ1n) is 12.5. The lowest BCUT2D eigenvalue weighted by Gasteiger charge is -2.16. The van der Waals surface area contributed by atoms with Crippen molar-refractivity contribution in [1.29, 1.82) is 0 Å². The fraction of sp³-hybridized carbons (Fsp3) is 0.571. The topological polar surface area (TPSA) is 32.5 Å². The Morgan fingerprint density at radius 2 is 1.39 bits per heavy atom. The van der Waals surface area contributed by atoms with Gasteiger partial charge in [-0.05, 0) is 49.1 Å². The molecule has 2 aromatic rings. The van der Waals surface area contributed by atoms with Gasteiger partial charge in [0, 0.05) is 44.1 Å². The van der Waals surface area contributed by atoms with E-state index in [1.54, 1.807) is 5.56 Å². The highest BCUT2D eigenvalue weighted by Gasteiger charge is 2.21. The van der Waals surface area contributed by atoms with E-state index < -0.39 is 0 Å².